The van der Waals surface area contributed by atoms with Gasteiger partial charge >= 0.3 is 0 Å². The number of carbonyl (C=O) groups excluding carboxylic acids is 1. The van der Waals surface area contributed by atoms with E-state index in [-0.39, 0.29) is 24.2 Å². The summed E-state index contributed by atoms with van der Waals surface area (Å²) in [6.07, 6.45) is 0. The Bertz CT molecular complexity index is 413. The number of rotatable bonds is 5. The number of nitrogens with one attached hydrogen (secondary N) is 2. The molecule has 1 fully saturated rings. The van der Waals surface area contributed by atoms with Gasteiger partial charge in [-0.25, -0.2) is 0 Å². The molecular formula is C14H21ClN2O2. The summed E-state index contributed by atoms with van der Waals surface area (Å²) in [5, 5.41) is 5.96. The Morgan fingerprint density at radius 1 is 1.32 bits per heavy atom. The van der Waals surface area contributed by atoms with Crippen LogP contribution in [0, 0.1) is 19.8 Å². The highest BCUT2D eigenvalue weighted by atomic mass is 35.5. The molecule has 5 heteroatoms. The lowest BCUT2D eigenvalue weighted by Gasteiger charge is -2.25. The van der Waals surface area contributed by atoms with E-state index in [9.17, 15) is 4.79 Å². The molecule has 4 nitrogen and oxygen atoms in total. The molecular weight excluding hydrogens is 264 g/mol. The molecule has 1 heterocycles. The maximum absolute atomic E-state index is 11.5. The summed E-state index contributed by atoms with van der Waals surface area (Å²) in [5.41, 5.74) is 2.38. The molecule has 1 aliphatic rings. The normalized spacial score (nSPS) is 14.2. The molecule has 0 bridgehead atoms. The molecule has 0 spiro atoms. The Kier molecular flexibility index (Phi) is 6.12. The molecule has 1 aromatic rings. The summed E-state index contributed by atoms with van der Waals surface area (Å²) in [7, 11) is 0. The standard InChI is InChI=1S/C14H20N2O2.ClH/c1-10-5-11(2)7-13(6-10)18-4-3-16-14(17)12-8-15-9-12;/h5-7,12,15H,3-4,8-9H2,1-2H3,(H,16,17);1H. The van der Waals surface area contributed by atoms with Crippen molar-refractivity contribution in [3.8, 4) is 5.75 Å². The first-order chi connectivity index (χ1) is 8.65. The zero-order valence-corrected chi connectivity index (χ0v) is 12.2. The third-order valence-electron chi connectivity index (χ3n) is 3.02. The van der Waals surface area contributed by atoms with Crippen LogP contribution in [0.1, 0.15) is 11.1 Å². The first-order valence-corrected chi connectivity index (χ1v) is 6.34. The summed E-state index contributed by atoms with van der Waals surface area (Å²) < 4.78 is 5.62. The fourth-order valence-electron chi connectivity index (χ4n) is 1.98. The molecule has 0 aromatic heterocycles. The molecule has 0 radical (unpaired) electrons. The van der Waals surface area contributed by atoms with Gasteiger partial charge in [-0.15, -0.1) is 12.4 Å². The number of ether oxygens (including phenoxy) is 1. The Labute approximate surface area is 120 Å². The van der Waals surface area contributed by atoms with E-state index < -0.39 is 0 Å². The second kappa shape index (κ2) is 7.36. The van der Waals surface area contributed by atoms with Gasteiger partial charge in [0, 0.05) is 13.1 Å². The molecule has 0 unspecified atom stereocenters. The number of hydrogen-bond donors (Lipinski definition) is 2. The Balaban J connectivity index is 0.00000180. The van der Waals surface area contributed by atoms with Gasteiger partial charge in [-0.2, -0.15) is 0 Å². The first-order valence-electron chi connectivity index (χ1n) is 6.34. The van der Waals surface area contributed by atoms with E-state index in [4.69, 9.17) is 4.74 Å². The highest BCUT2D eigenvalue weighted by Gasteiger charge is 2.24. The zero-order chi connectivity index (χ0) is 13.0. The van der Waals surface area contributed by atoms with E-state index in [1.807, 2.05) is 26.0 Å². The van der Waals surface area contributed by atoms with Crippen molar-refractivity contribution in [3.05, 3.63) is 29.3 Å². The van der Waals surface area contributed by atoms with Crippen LogP contribution in [0.15, 0.2) is 18.2 Å². The molecule has 0 aliphatic carbocycles. The number of halogens is 1. The Morgan fingerprint density at radius 2 is 1.95 bits per heavy atom. The van der Waals surface area contributed by atoms with Gasteiger partial charge in [0.15, 0.2) is 0 Å². The van der Waals surface area contributed by atoms with E-state index in [1.165, 1.54) is 11.1 Å². The van der Waals surface area contributed by atoms with Crippen molar-refractivity contribution in [1.29, 1.82) is 0 Å². The number of amides is 1. The van der Waals surface area contributed by atoms with Gasteiger partial charge in [0.25, 0.3) is 0 Å². The van der Waals surface area contributed by atoms with Gasteiger partial charge in [-0.1, -0.05) is 6.07 Å². The van der Waals surface area contributed by atoms with Crippen LogP contribution in [0.25, 0.3) is 0 Å². The fraction of sp³-hybridized carbons (Fsp3) is 0.500. The van der Waals surface area contributed by atoms with E-state index in [0.29, 0.717) is 13.2 Å². The van der Waals surface area contributed by atoms with Crippen molar-refractivity contribution in [2.75, 3.05) is 26.2 Å². The molecule has 1 amide bonds. The molecule has 0 atom stereocenters. The topological polar surface area (TPSA) is 50.4 Å². The van der Waals surface area contributed by atoms with Gasteiger partial charge in [-0.3, -0.25) is 4.79 Å². The molecule has 1 aliphatic heterocycles. The van der Waals surface area contributed by atoms with Gasteiger partial charge in [0.1, 0.15) is 12.4 Å². The average Bonchev–Trinajstić information content (AvgIpc) is 2.20. The Hall–Kier alpha value is -1.26. The van der Waals surface area contributed by atoms with Crippen molar-refractivity contribution < 1.29 is 9.53 Å². The van der Waals surface area contributed by atoms with Gasteiger partial charge in [0.2, 0.25) is 5.91 Å². The van der Waals surface area contributed by atoms with Crippen LogP contribution in [0.4, 0.5) is 0 Å². The highest BCUT2D eigenvalue weighted by molar-refractivity contribution is 5.85. The Morgan fingerprint density at radius 3 is 2.47 bits per heavy atom. The van der Waals surface area contributed by atoms with Crippen LogP contribution >= 0.6 is 12.4 Å². The summed E-state index contributed by atoms with van der Waals surface area (Å²) in [4.78, 5) is 11.5. The quantitative estimate of drug-likeness (QED) is 0.805. The van der Waals surface area contributed by atoms with Crippen LogP contribution in [0.5, 0.6) is 5.75 Å². The maximum atomic E-state index is 11.5. The second-order valence-electron chi connectivity index (χ2n) is 4.82. The molecule has 19 heavy (non-hydrogen) atoms. The zero-order valence-electron chi connectivity index (χ0n) is 11.4. The molecule has 106 valence electrons. The predicted octanol–water partition coefficient (Wildman–Crippen LogP) is 1.44. The lowest BCUT2D eigenvalue weighted by atomic mass is 10.0. The van der Waals surface area contributed by atoms with Crippen LogP contribution in [0.3, 0.4) is 0 Å². The number of hydrogen-bond acceptors (Lipinski definition) is 3. The minimum atomic E-state index is 0. The molecule has 2 N–H and O–H groups in total. The molecule has 1 aromatic carbocycles. The van der Waals surface area contributed by atoms with Crippen molar-refractivity contribution >= 4 is 18.3 Å². The third kappa shape index (κ3) is 4.73. The van der Waals surface area contributed by atoms with Crippen molar-refractivity contribution in [1.82, 2.24) is 10.6 Å². The molecule has 0 saturated carbocycles. The lowest BCUT2D eigenvalue weighted by Crippen LogP contribution is -2.51. The third-order valence-corrected chi connectivity index (χ3v) is 3.02. The minimum Gasteiger partial charge on any atom is -0.492 e. The summed E-state index contributed by atoms with van der Waals surface area (Å²) in [5.74, 6) is 1.14. The minimum absolute atomic E-state index is 0. The van der Waals surface area contributed by atoms with Gasteiger partial charge in [0.05, 0.1) is 12.5 Å². The number of aryl methyl sites for hydroxylation is 2. The monoisotopic (exact) mass is 284 g/mol. The van der Waals surface area contributed by atoms with Crippen molar-refractivity contribution in [2.24, 2.45) is 5.92 Å². The maximum Gasteiger partial charge on any atom is 0.225 e. The van der Waals surface area contributed by atoms with E-state index in [2.05, 4.69) is 16.7 Å². The first kappa shape index (κ1) is 15.8. The second-order valence-corrected chi connectivity index (χ2v) is 4.82. The van der Waals surface area contributed by atoms with Gasteiger partial charge < -0.3 is 15.4 Å². The highest BCUT2D eigenvalue weighted by Crippen LogP contribution is 2.15. The van der Waals surface area contributed by atoms with E-state index >= 15 is 0 Å². The molecule has 1 saturated heterocycles. The average molecular weight is 285 g/mol. The predicted molar refractivity (Wildman–Crippen MR) is 78.0 cm³/mol. The van der Waals surface area contributed by atoms with Crippen LogP contribution in [-0.4, -0.2) is 32.1 Å². The smallest absolute Gasteiger partial charge is 0.225 e. The summed E-state index contributed by atoms with van der Waals surface area (Å²) in [6, 6.07) is 6.12. The number of benzene rings is 1. The SMILES string of the molecule is Cc1cc(C)cc(OCCNC(=O)C2CNC2)c1.Cl. The van der Waals surface area contributed by atoms with Crippen LogP contribution in [-0.2, 0) is 4.79 Å². The van der Waals surface area contributed by atoms with Crippen molar-refractivity contribution in [3.63, 3.8) is 0 Å². The molecule has 2 rings (SSSR count). The van der Waals surface area contributed by atoms with E-state index in [1.54, 1.807) is 0 Å². The van der Waals surface area contributed by atoms with Crippen LogP contribution in [0.2, 0.25) is 0 Å². The summed E-state index contributed by atoms with van der Waals surface area (Å²) in [6.45, 7) is 6.75. The lowest BCUT2D eigenvalue weighted by molar-refractivity contribution is -0.126. The number of carbonyl (C=O) groups is 1. The fourth-order valence-corrected chi connectivity index (χ4v) is 1.98. The summed E-state index contributed by atoms with van der Waals surface area (Å²) >= 11 is 0. The largest absolute Gasteiger partial charge is 0.492 e. The van der Waals surface area contributed by atoms with Crippen molar-refractivity contribution in [2.45, 2.75) is 13.8 Å². The van der Waals surface area contributed by atoms with Gasteiger partial charge in [-0.05, 0) is 37.1 Å². The van der Waals surface area contributed by atoms with Crippen LogP contribution < -0.4 is 15.4 Å². The van der Waals surface area contributed by atoms with E-state index in [0.717, 1.165) is 18.8 Å².